The Bertz CT molecular complexity index is 418. The molecule has 0 aromatic carbocycles. The smallest absolute Gasteiger partial charge is 1.00 e. The normalized spacial score (nSPS) is 11.0. The van der Waals surface area contributed by atoms with Gasteiger partial charge in [0.05, 0.1) is 12.4 Å². The second-order valence-electron chi connectivity index (χ2n) is 6.62. The number of unbranched alkanes of at least 4 members (excludes halogenated alkanes) is 13. The van der Waals surface area contributed by atoms with E-state index in [9.17, 15) is 13.2 Å². The van der Waals surface area contributed by atoms with Crippen LogP contribution in [0.25, 0.3) is 0 Å². The van der Waals surface area contributed by atoms with Crippen molar-refractivity contribution < 1.29 is 53.1 Å². The maximum atomic E-state index is 11.1. The molecule has 0 aliphatic heterocycles. The summed E-state index contributed by atoms with van der Waals surface area (Å²) in [5.74, 6) is -0.235. The zero-order chi connectivity index (χ0) is 18.8. The van der Waals surface area contributed by atoms with Crippen LogP contribution in [-0.2, 0) is 19.0 Å². The summed E-state index contributed by atoms with van der Waals surface area (Å²) in [4.78, 5) is 11.1. The van der Waals surface area contributed by atoms with Gasteiger partial charge in [-0.2, -0.15) is 8.42 Å². The van der Waals surface area contributed by atoms with Crippen LogP contribution in [-0.4, -0.2) is 26.9 Å². The third-order valence-electron chi connectivity index (χ3n) is 4.27. The van der Waals surface area contributed by atoms with E-state index in [0.29, 0.717) is 0 Å². The fourth-order valence-electron chi connectivity index (χ4n) is 2.64. The van der Waals surface area contributed by atoms with Crippen LogP contribution in [0.5, 0.6) is 0 Å². The van der Waals surface area contributed by atoms with Crippen molar-refractivity contribution in [3.63, 3.8) is 0 Å². The second-order valence-corrected chi connectivity index (χ2v) is 8.48. The second kappa shape index (κ2) is 20.0. The van der Waals surface area contributed by atoms with Crippen molar-refractivity contribution in [2.75, 3.05) is 12.4 Å². The van der Waals surface area contributed by atoms with E-state index in [0.717, 1.165) is 19.3 Å². The van der Waals surface area contributed by atoms with Crippen LogP contribution >= 0.6 is 0 Å². The van der Waals surface area contributed by atoms with E-state index in [4.69, 9.17) is 4.74 Å². The first kappa shape index (κ1) is 28.4. The van der Waals surface area contributed by atoms with Crippen LogP contribution in [0.15, 0.2) is 0 Å². The predicted molar refractivity (Wildman–Crippen MR) is 103 cm³/mol. The van der Waals surface area contributed by atoms with Crippen molar-refractivity contribution in [1.82, 2.24) is 0 Å². The maximum Gasteiger partial charge on any atom is 1.00 e. The van der Waals surface area contributed by atoms with E-state index in [-0.39, 0.29) is 43.3 Å². The fraction of sp³-hybridized carbons (Fsp3) is 0.947. The molecule has 0 rings (SSSR count). The first-order chi connectivity index (χ1) is 12.0. The fourth-order valence-corrected chi connectivity index (χ4v) is 3.01. The third kappa shape index (κ3) is 20.5. The molecule has 0 aromatic heterocycles. The van der Waals surface area contributed by atoms with Crippen molar-refractivity contribution in [2.24, 2.45) is 0 Å². The largest absolute Gasteiger partial charge is 1.00 e. The predicted octanol–water partition coefficient (Wildman–Crippen LogP) is 3.09. The average molecular weight is 403 g/mol. The maximum absolute atomic E-state index is 11.1. The van der Waals surface area contributed by atoms with Crippen molar-refractivity contribution in [3.8, 4) is 0 Å². The van der Waals surface area contributed by atoms with Crippen LogP contribution in [0.3, 0.4) is 0 Å². The number of ether oxygens (including phenoxy) is 1. The Morgan fingerprint density at radius 2 is 1.12 bits per heavy atom. The van der Waals surface area contributed by atoms with Crippen LogP contribution in [0.1, 0.15) is 105 Å². The molecule has 0 radical (unpaired) electrons. The van der Waals surface area contributed by atoms with Crippen molar-refractivity contribution >= 4 is 16.3 Å². The van der Waals surface area contributed by atoms with Crippen LogP contribution in [0, 0.1) is 0 Å². The quantitative estimate of drug-likeness (QED) is 0.162. The Labute approximate surface area is 184 Å². The van der Waals surface area contributed by atoms with E-state index in [2.05, 4.69) is 11.1 Å². The van der Waals surface area contributed by atoms with Gasteiger partial charge in [-0.05, 0) is 13.3 Å². The van der Waals surface area contributed by atoms with Gasteiger partial charge in [0.2, 0.25) is 0 Å². The summed E-state index contributed by atoms with van der Waals surface area (Å²) >= 11 is 0. The van der Waals surface area contributed by atoms with Gasteiger partial charge in [-0.25, -0.2) is 4.79 Å². The Morgan fingerprint density at radius 3 is 1.50 bits per heavy atom. The molecule has 5 nitrogen and oxygen atoms in total. The van der Waals surface area contributed by atoms with Crippen LogP contribution in [0.4, 0.5) is 4.79 Å². The van der Waals surface area contributed by atoms with E-state index in [1.807, 2.05) is 0 Å². The third-order valence-corrected chi connectivity index (χ3v) is 5.36. The number of hydrogen-bond acceptors (Lipinski definition) is 5. The molecule has 0 aliphatic rings. The van der Waals surface area contributed by atoms with Crippen molar-refractivity contribution in [2.45, 2.75) is 104 Å². The molecule has 0 amide bonds. The van der Waals surface area contributed by atoms with Gasteiger partial charge in [0.25, 0.3) is 0 Å². The van der Waals surface area contributed by atoms with Gasteiger partial charge in [0, 0.05) is 0 Å². The van der Waals surface area contributed by atoms with Crippen molar-refractivity contribution in [1.29, 1.82) is 0 Å². The molecule has 0 saturated carbocycles. The molecule has 0 bridgehead atoms. The Balaban J connectivity index is -0.00000288. The summed E-state index contributed by atoms with van der Waals surface area (Å²) in [7, 11) is -3.76. The van der Waals surface area contributed by atoms with E-state index < -0.39 is 16.3 Å². The number of hydrogen-bond donors (Lipinski definition) is 0. The van der Waals surface area contributed by atoms with Gasteiger partial charge in [-0.1, -0.05) is 90.4 Å². The minimum atomic E-state index is -3.76. The molecule has 0 spiro atoms. The Hall–Kier alpha value is 0.220. The zero-order valence-corrected chi connectivity index (χ0v) is 20.1. The molecule has 0 atom stereocenters. The van der Waals surface area contributed by atoms with Crippen LogP contribution < -0.4 is 29.6 Å². The standard InChI is InChI=1S/C19H38O5S.Na.H/c1-3-5-6-7-8-9-10-11-12-13-14-15-16-17-18-23-19(20)24-25(21,22)4-2;;/h3-18H2,1-2H3;;/q;+1;-1. The molecule has 0 heterocycles. The molecule has 0 saturated heterocycles. The molecule has 26 heavy (non-hydrogen) atoms. The van der Waals surface area contributed by atoms with Gasteiger partial charge < -0.3 is 10.3 Å². The first-order valence-electron chi connectivity index (χ1n) is 10.1. The zero-order valence-electron chi connectivity index (χ0n) is 18.3. The number of rotatable bonds is 17. The summed E-state index contributed by atoms with van der Waals surface area (Å²) < 4.78 is 31.1. The Morgan fingerprint density at radius 1 is 0.731 bits per heavy atom. The molecule has 0 N–H and O–H groups in total. The van der Waals surface area contributed by atoms with Crippen LogP contribution in [0.2, 0.25) is 0 Å². The summed E-state index contributed by atoms with van der Waals surface area (Å²) in [6, 6.07) is 0. The Kier molecular flexibility index (Phi) is 21.8. The van der Waals surface area contributed by atoms with E-state index in [1.54, 1.807) is 0 Å². The number of carbonyl (C=O) groups is 1. The van der Waals surface area contributed by atoms with Gasteiger partial charge in [-0.3, -0.25) is 0 Å². The molecule has 0 aromatic rings. The van der Waals surface area contributed by atoms with E-state index in [1.165, 1.54) is 77.6 Å². The molecular formula is C19H39NaO5S. The summed E-state index contributed by atoms with van der Waals surface area (Å²) in [5, 5.41) is 0. The average Bonchev–Trinajstić information content (AvgIpc) is 2.58. The molecule has 0 fully saturated rings. The SMILES string of the molecule is CCCCCCCCCCCCCCCCOC(=O)OS(=O)(=O)CC.[H-].[Na+]. The van der Waals surface area contributed by atoms with Gasteiger partial charge >= 0.3 is 45.8 Å². The molecule has 0 unspecified atom stereocenters. The first-order valence-corrected chi connectivity index (χ1v) is 11.7. The molecule has 7 heteroatoms. The minimum Gasteiger partial charge on any atom is -1.00 e. The molecule has 152 valence electrons. The van der Waals surface area contributed by atoms with E-state index >= 15 is 0 Å². The summed E-state index contributed by atoms with van der Waals surface area (Å²) in [6.07, 6.45) is 16.5. The minimum absolute atomic E-state index is 0. The molecular weight excluding hydrogens is 363 g/mol. The monoisotopic (exact) mass is 402 g/mol. The number of carbonyl (C=O) groups excluding carboxylic acids is 1. The summed E-state index contributed by atoms with van der Waals surface area (Å²) in [6.45, 7) is 3.88. The summed E-state index contributed by atoms with van der Waals surface area (Å²) in [5.41, 5.74) is 0. The van der Waals surface area contributed by atoms with Gasteiger partial charge in [0.15, 0.2) is 0 Å². The topological polar surface area (TPSA) is 69.7 Å². The van der Waals surface area contributed by atoms with Crippen molar-refractivity contribution in [3.05, 3.63) is 0 Å². The van der Waals surface area contributed by atoms with Gasteiger partial charge in [-0.15, -0.1) is 0 Å². The van der Waals surface area contributed by atoms with Gasteiger partial charge in [0.1, 0.15) is 0 Å². The molecule has 0 aliphatic carbocycles.